The first-order valence-electron chi connectivity index (χ1n) is 5.88. The van der Waals surface area contributed by atoms with Gasteiger partial charge in [0, 0.05) is 18.0 Å². The summed E-state index contributed by atoms with van der Waals surface area (Å²) in [4.78, 5) is 11.9. The van der Waals surface area contributed by atoms with Crippen LogP contribution in [0.3, 0.4) is 0 Å². The van der Waals surface area contributed by atoms with Crippen molar-refractivity contribution in [3.05, 3.63) is 29.8 Å². The van der Waals surface area contributed by atoms with Crippen LogP contribution < -0.4 is 10.1 Å². The number of alkyl halides is 1. The van der Waals surface area contributed by atoms with Gasteiger partial charge in [0.25, 0.3) is 0 Å². The van der Waals surface area contributed by atoms with Gasteiger partial charge in [-0.25, -0.2) is 0 Å². The zero-order valence-electron chi connectivity index (χ0n) is 9.62. The standard InChI is InChI=1S/C13H16ClNO2/c14-7-3-4-8-15-13(16)11-9-17-12-6-2-1-5-10(11)12/h1-2,5-6,11H,3-4,7-9H2,(H,15,16). The molecule has 1 N–H and O–H groups in total. The fourth-order valence-corrected chi connectivity index (χ4v) is 2.12. The number of benzene rings is 1. The molecule has 1 atom stereocenters. The monoisotopic (exact) mass is 253 g/mol. The van der Waals surface area contributed by atoms with Crippen LogP contribution in [0.1, 0.15) is 24.3 Å². The third kappa shape index (κ3) is 2.91. The van der Waals surface area contributed by atoms with Gasteiger partial charge in [0.05, 0.1) is 0 Å². The zero-order valence-corrected chi connectivity index (χ0v) is 10.4. The van der Waals surface area contributed by atoms with Crippen LogP contribution in [0.2, 0.25) is 0 Å². The maximum absolute atomic E-state index is 11.9. The molecular weight excluding hydrogens is 238 g/mol. The topological polar surface area (TPSA) is 38.3 Å². The molecule has 3 nitrogen and oxygen atoms in total. The van der Waals surface area contributed by atoms with Crippen LogP contribution in [0, 0.1) is 0 Å². The minimum Gasteiger partial charge on any atom is -0.492 e. The van der Waals surface area contributed by atoms with Gasteiger partial charge >= 0.3 is 0 Å². The van der Waals surface area contributed by atoms with Crippen molar-refractivity contribution in [3.8, 4) is 5.75 Å². The van der Waals surface area contributed by atoms with E-state index in [1.54, 1.807) is 0 Å². The second-order valence-electron chi connectivity index (χ2n) is 4.09. The van der Waals surface area contributed by atoms with Gasteiger partial charge in [-0.3, -0.25) is 4.79 Å². The summed E-state index contributed by atoms with van der Waals surface area (Å²) in [6.07, 6.45) is 1.85. The maximum Gasteiger partial charge on any atom is 0.231 e. The number of halogens is 1. The highest BCUT2D eigenvalue weighted by Crippen LogP contribution is 2.33. The lowest BCUT2D eigenvalue weighted by Gasteiger charge is -2.09. The molecule has 2 rings (SSSR count). The molecule has 0 fully saturated rings. The van der Waals surface area contributed by atoms with Crippen molar-refractivity contribution in [3.63, 3.8) is 0 Å². The van der Waals surface area contributed by atoms with E-state index in [0.717, 1.165) is 24.2 Å². The van der Waals surface area contributed by atoms with E-state index in [4.69, 9.17) is 16.3 Å². The number of ether oxygens (including phenoxy) is 1. The third-order valence-corrected chi connectivity index (χ3v) is 3.14. The molecule has 92 valence electrons. The van der Waals surface area contributed by atoms with E-state index in [2.05, 4.69) is 5.32 Å². The van der Waals surface area contributed by atoms with Crippen molar-refractivity contribution in [2.45, 2.75) is 18.8 Å². The highest BCUT2D eigenvalue weighted by Gasteiger charge is 2.29. The van der Waals surface area contributed by atoms with E-state index in [1.807, 2.05) is 24.3 Å². The van der Waals surface area contributed by atoms with Crippen LogP contribution in [-0.2, 0) is 4.79 Å². The predicted molar refractivity (Wildman–Crippen MR) is 67.6 cm³/mol. The number of carbonyl (C=O) groups is 1. The fourth-order valence-electron chi connectivity index (χ4n) is 1.93. The van der Waals surface area contributed by atoms with Crippen LogP contribution in [0.5, 0.6) is 5.75 Å². The maximum atomic E-state index is 11.9. The molecule has 17 heavy (non-hydrogen) atoms. The lowest BCUT2D eigenvalue weighted by molar-refractivity contribution is -0.122. The van der Waals surface area contributed by atoms with Crippen LogP contribution >= 0.6 is 11.6 Å². The lowest BCUT2D eigenvalue weighted by atomic mass is 10.0. The summed E-state index contributed by atoms with van der Waals surface area (Å²) >= 11 is 5.58. The Bertz CT molecular complexity index is 395. The number of nitrogens with one attached hydrogen (secondary N) is 1. The Morgan fingerprint density at radius 1 is 1.41 bits per heavy atom. The van der Waals surface area contributed by atoms with Crippen LogP contribution in [-0.4, -0.2) is 24.9 Å². The third-order valence-electron chi connectivity index (χ3n) is 2.88. The number of rotatable bonds is 5. The lowest BCUT2D eigenvalue weighted by Crippen LogP contribution is -2.30. The van der Waals surface area contributed by atoms with Gasteiger partial charge in [-0.15, -0.1) is 11.6 Å². The molecule has 1 heterocycles. The summed E-state index contributed by atoms with van der Waals surface area (Å²) in [5, 5.41) is 2.92. The van der Waals surface area contributed by atoms with Crippen molar-refractivity contribution in [1.82, 2.24) is 5.32 Å². The van der Waals surface area contributed by atoms with Gasteiger partial charge < -0.3 is 10.1 Å². The fraction of sp³-hybridized carbons (Fsp3) is 0.462. The summed E-state index contributed by atoms with van der Waals surface area (Å²) in [5.41, 5.74) is 0.988. The van der Waals surface area contributed by atoms with E-state index in [9.17, 15) is 4.79 Å². The SMILES string of the molecule is O=C(NCCCCCl)C1COc2ccccc21. The Kier molecular flexibility index (Phi) is 4.26. The van der Waals surface area contributed by atoms with Crippen LogP contribution in [0.4, 0.5) is 0 Å². The van der Waals surface area contributed by atoms with Crippen molar-refractivity contribution in [2.75, 3.05) is 19.0 Å². The highest BCUT2D eigenvalue weighted by molar-refractivity contribution is 6.17. The Morgan fingerprint density at radius 3 is 3.06 bits per heavy atom. The second-order valence-corrected chi connectivity index (χ2v) is 4.47. The Morgan fingerprint density at radius 2 is 2.24 bits per heavy atom. The van der Waals surface area contributed by atoms with E-state index < -0.39 is 0 Å². The molecular formula is C13H16ClNO2. The molecule has 1 aliphatic rings. The largest absolute Gasteiger partial charge is 0.492 e. The number of amides is 1. The number of fused-ring (bicyclic) bond motifs is 1. The van der Waals surface area contributed by atoms with Crippen LogP contribution in [0.15, 0.2) is 24.3 Å². The van der Waals surface area contributed by atoms with Gasteiger partial charge in [-0.1, -0.05) is 18.2 Å². The van der Waals surface area contributed by atoms with Gasteiger partial charge in [-0.2, -0.15) is 0 Å². The van der Waals surface area contributed by atoms with Crippen molar-refractivity contribution in [2.24, 2.45) is 0 Å². The van der Waals surface area contributed by atoms with Crippen molar-refractivity contribution in [1.29, 1.82) is 0 Å². The normalized spacial score (nSPS) is 17.4. The quantitative estimate of drug-likeness (QED) is 0.646. The number of unbranched alkanes of at least 4 members (excludes halogenated alkanes) is 1. The summed E-state index contributed by atoms with van der Waals surface area (Å²) in [6.45, 7) is 1.13. The summed E-state index contributed by atoms with van der Waals surface area (Å²) in [6, 6.07) is 7.70. The van der Waals surface area contributed by atoms with Gasteiger partial charge in [0.2, 0.25) is 5.91 Å². The summed E-state index contributed by atoms with van der Waals surface area (Å²) in [7, 11) is 0. The Hall–Kier alpha value is -1.22. The molecule has 0 saturated heterocycles. The Balaban J connectivity index is 1.89. The molecule has 0 aliphatic carbocycles. The number of hydrogen-bond acceptors (Lipinski definition) is 2. The predicted octanol–water partition coefficient (Wildman–Crippen LogP) is 2.30. The molecule has 0 aromatic heterocycles. The van der Waals surface area contributed by atoms with E-state index in [0.29, 0.717) is 19.0 Å². The minimum atomic E-state index is -0.165. The zero-order chi connectivity index (χ0) is 12.1. The van der Waals surface area contributed by atoms with Gasteiger partial charge in [0.1, 0.15) is 18.3 Å². The number of carbonyl (C=O) groups excluding carboxylic acids is 1. The first-order chi connectivity index (χ1) is 8.33. The van der Waals surface area contributed by atoms with Crippen LogP contribution in [0.25, 0.3) is 0 Å². The average Bonchev–Trinajstić information content (AvgIpc) is 2.78. The summed E-state index contributed by atoms with van der Waals surface area (Å²) < 4.78 is 5.48. The second kappa shape index (κ2) is 5.92. The van der Waals surface area contributed by atoms with Crippen molar-refractivity contribution >= 4 is 17.5 Å². The number of para-hydroxylation sites is 1. The van der Waals surface area contributed by atoms with Gasteiger partial charge in [0.15, 0.2) is 0 Å². The molecule has 0 spiro atoms. The van der Waals surface area contributed by atoms with Crippen molar-refractivity contribution < 1.29 is 9.53 Å². The molecule has 4 heteroatoms. The molecule has 1 aliphatic heterocycles. The molecule has 0 bridgehead atoms. The van der Waals surface area contributed by atoms with E-state index in [1.165, 1.54) is 0 Å². The Labute approximate surface area is 106 Å². The van der Waals surface area contributed by atoms with E-state index >= 15 is 0 Å². The minimum absolute atomic E-state index is 0.0459. The number of hydrogen-bond donors (Lipinski definition) is 1. The summed E-state index contributed by atoms with van der Waals surface area (Å²) in [5.74, 6) is 1.35. The van der Waals surface area contributed by atoms with Gasteiger partial charge in [-0.05, 0) is 18.9 Å². The molecule has 1 amide bonds. The van der Waals surface area contributed by atoms with E-state index in [-0.39, 0.29) is 11.8 Å². The molecule has 1 unspecified atom stereocenters. The molecule has 1 aromatic carbocycles. The molecule has 1 aromatic rings. The smallest absolute Gasteiger partial charge is 0.231 e. The average molecular weight is 254 g/mol. The first kappa shape index (κ1) is 12.2. The molecule has 0 saturated carbocycles. The highest BCUT2D eigenvalue weighted by atomic mass is 35.5. The first-order valence-corrected chi connectivity index (χ1v) is 6.42. The molecule has 0 radical (unpaired) electrons.